The van der Waals surface area contributed by atoms with E-state index in [9.17, 15) is 14.7 Å². The highest BCUT2D eigenvalue weighted by Crippen LogP contribution is 2.48. The lowest BCUT2D eigenvalue weighted by molar-refractivity contribution is 0.0700. The molecule has 1 unspecified atom stereocenters. The SMILES string of the molecule is Cc1[nH]c(C(=O)NC2[C@H]3CN(c4nc(Cc5ccccc5Cl)c(C(=O)O)s4)C[C@@H]23)c(Cl)c1Cl. The number of fused-ring (bicyclic) bond motifs is 1. The Bertz CT molecular complexity index is 1260. The van der Waals surface area contributed by atoms with Gasteiger partial charge in [0.2, 0.25) is 0 Å². The number of carbonyl (C=O) groups excluding carboxylic acids is 1. The molecule has 2 fully saturated rings. The van der Waals surface area contributed by atoms with Gasteiger partial charge >= 0.3 is 5.97 Å². The number of nitrogens with one attached hydrogen (secondary N) is 2. The van der Waals surface area contributed by atoms with Crippen molar-refractivity contribution in [1.82, 2.24) is 15.3 Å². The zero-order chi connectivity index (χ0) is 23.4. The molecule has 11 heteroatoms. The van der Waals surface area contributed by atoms with Crippen LogP contribution in [0.5, 0.6) is 0 Å². The van der Waals surface area contributed by atoms with Crippen molar-refractivity contribution in [3.05, 3.63) is 66.9 Å². The molecule has 3 atom stereocenters. The van der Waals surface area contributed by atoms with Gasteiger partial charge in [-0.1, -0.05) is 64.3 Å². The van der Waals surface area contributed by atoms with Crippen LogP contribution in [0.2, 0.25) is 15.1 Å². The number of aromatic nitrogens is 2. The maximum absolute atomic E-state index is 12.6. The number of H-pyrrole nitrogens is 1. The van der Waals surface area contributed by atoms with E-state index >= 15 is 0 Å². The number of carboxylic acids is 1. The summed E-state index contributed by atoms with van der Waals surface area (Å²) in [5, 5.41) is 14.6. The van der Waals surface area contributed by atoms with Crippen molar-refractivity contribution in [1.29, 1.82) is 0 Å². The number of anilines is 1. The van der Waals surface area contributed by atoms with E-state index < -0.39 is 5.97 Å². The summed E-state index contributed by atoms with van der Waals surface area (Å²) in [6, 6.07) is 7.40. The first-order valence-electron chi connectivity index (χ1n) is 10.3. The molecule has 5 rings (SSSR count). The number of hydrogen-bond acceptors (Lipinski definition) is 5. The van der Waals surface area contributed by atoms with Crippen molar-refractivity contribution in [3.8, 4) is 0 Å². The number of carbonyl (C=O) groups is 2. The first kappa shape index (κ1) is 22.5. The molecule has 0 spiro atoms. The minimum absolute atomic E-state index is 0.0497. The molecule has 0 radical (unpaired) electrons. The summed E-state index contributed by atoms with van der Waals surface area (Å²) in [4.78, 5) is 34.3. The molecule has 3 N–H and O–H groups in total. The monoisotopic (exact) mass is 524 g/mol. The second-order valence-electron chi connectivity index (χ2n) is 8.33. The molecule has 2 aromatic heterocycles. The van der Waals surface area contributed by atoms with Crippen molar-refractivity contribution in [3.63, 3.8) is 0 Å². The molecule has 7 nitrogen and oxygen atoms in total. The van der Waals surface area contributed by atoms with E-state index in [0.717, 1.165) is 5.56 Å². The maximum Gasteiger partial charge on any atom is 0.347 e. The molecule has 1 aromatic carbocycles. The number of carboxylic acid groups (broad SMARTS) is 1. The zero-order valence-corrected chi connectivity index (χ0v) is 20.4. The van der Waals surface area contributed by atoms with E-state index in [4.69, 9.17) is 34.8 Å². The fourth-order valence-electron chi connectivity index (χ4n) is 4.43. The number of hydrogen-bond donors (Lipinski definition) is 3. The van der Waals surface area contributed by atoms with Crippen LogP contribution in [-0.2, 0) is 6.42 Å². The first-order valence-corrected chi connectivity index (χ1v) is 12.3. The van der Waals surface area contributed by atoms with E-state index in [0.29, 0.717) is 46.1 Å². The van der Waals surface area contributed by atoms with Gasteiger partial charge < -0.3 is 20.3 Å². The van der Waals surface area contributed by atoms with E-state index in [1.54, 1.807) is 13.0 Å². The summed E-state index contributed by atoms with van der Waals surface area (Å²) < 4.78 is 0. The number of aromatic carboxylic acids is 1. The Kier molecular flexibility index (Phi) is 5.81. The largest absolute Gasteiger partial charge is 0.477 e. The molecule has 0 bridgehead atoms. The van der Waals surface area contributed by atoms with Crippen molar-refractivity contribution in [2.24, 2.45) is 11.8 Å². The third-order valence-corrected chi connectivity index (χ3v) is 8.70. The molecular formula is C22H19Cl3N4O3S. The van der Waals surface area contributed by atoms with Crippen LogP contribution in [0, 0.1) is 18.8 Å². The van der Waals surface area contributed by atoms with E-state index in [1.807, 2.05) is 18.2 Å². The number of halogens is 3. The van der Waals surface area contributed by atoms with Gasteiger partial charge in [0, 0.05) is 48.1 Å². The van der Waals surface area contributed by atoms with E-state index in [2.05, 4.69) is 20.2 Å². The summed E-state index contributed by atoms with van der Waals surface area (Å²) in [5.41, 5.74) is 2.27. The minimum Gasteiger partial charge on any atom is -0.477 e. The number of aromatic amines is 1. The topological polar surface area (TPSA) is 98.3 Å². The Hall–Kier alpha value is -2.26. The van der Waals surface area contributed by atoms with Gasteiger partial charge in [0.1, 0.15) is 10.6 Å². The summed E-state index contributed by atoms with van der Waals surface area (Å²) in [6.07, 6.45) is 0.357. The lowest BCUT2D eigenvalue weighted by Crippen LogP contribution is -2.34. The Morgan fingerprint density at radius 3 is 2.52 bits per heavy atom. The molecular weight excluding hydrogens is 507 g/mol. The lowest BCUT2D eigenvalue weighted by atomic mass is 10.1. The highest BCUT2D eigenvalue weighted by molar-refractivity contribution is 7.17. The average molecular weight is 526 g/mol. The van der Waals surface area contributed by atoms with Crippen LogP contribution in [0.15, 0.2) is 24.3 Å². The van der Waals surface area contributed by atoms with Crippen LogP contribution in [0.1, 0.15) is 37.1 Å². The standard InChI is InChI=1S/C22H19Cl3N4O3S/c1-9-15(24)16(25)18(26-9)20(30)28-17-11-7-29(8-12(11)17)22-27-14(19(33-22)21(31)32)6-10-4-2-3-5-13(10)23/h2-5,11-12,17,26H,6-8H2,1H3,(H,28,30)(H,31,32)/t11-,12+,17?. The number of rotatable bonds is 6. The minimum atomic E-state index is -0.993. The Balaban J connectivity index is 1.26. The summed E-state index contributed by atoms with van der Waals surface area (Å²) in [5.74, 6) is -0.704. The quantitative estimate of drug-likeness (QED) is 0.425. The number of piperidine rings is 1. The number of aryl methyl sites for hydroxylation is 1. The van der Waals surface area contributed by atoms with Gasteiger partial charge in [-0.2, -0.15) is 0 Å². The van der Waals surface area contributed by atoms with Crippen LogP contribution in [0.4, 0.5) is 5.13 Å². The average Bonchev–Trinajstić information content (AvgIpc) is 3.14. The second kappa shape index (κ2) is 8.51. The van der Waals surface area contributed by atoms with Gasteiger partial charge in [0.15, 0.2) is 5.13 Å². The Morgan fingerprint density at radius 1 is 1.21 bits per heavy atom. The molecule has 1 aliphatic carbocycles. The number of benzene rings is 1. The van der Waals surface area contributed by atoms with Crippen LogP contribution in [0.25, 0.3) is 0 Å². The molecule has 1 saturated carbocycles. The number of thiazole rings is 1. The van der Waals surface area contributed by atoms with Crippen molar-refractivity contribution >= 4 is 63.1 Å². The third kappa shape index (κ3) is 4.10. The van der Waals surface area contributed by atoms with E-state index in [1.165, 1.54) is 11.3 Å². The first-order chi connectivity index (χ1) is 15.7. The second-order valence-corrected chi connectivity index (χ2v) is 10.5. The highest BCUT2D eigenvalue weighted by Gasteiger charge is 2.57. The van der Waals surface area contributed by atoms with Gasteiger partial charge in [0.25, 0.3) is 5.91 Å². The van der Waals surface area contributed by atoms with Gasteiger partial charge in [0.05, 0.1) is 15.7 Å². The predicted octanol–water partition coefficient (Wildman–Crippen LogP) is 4.89. The third-order valence-electron chi connectivity index (χ3n) is 6.24. The molecule has 1 aliphatic heterocycles. The van der Waals surface area contributed by atoms with Crippen molar-refractivity contribution in [2.45, 2.75) is 19.4 Å². The molecule has 33 heavy (non-hydrogen) atoms. The molecule has 2 aliphatic rings. The maximum atomic E-state index is 12.6. The zero-order valence-electron chi connectivity index (χ0n) is 17.4. The van der Waals surface area contributed by atoms with Crippen molar-refractivity contribution < 1.29 is 14.7 Å². The summed E-state index contributed by atoms with van der Waals surface area (Å²) >= 11 is 19.7. The van der Waals surface area contributed by atoms with Gasteiger partial charge in [-0.15, -0.1) is 0 Å². The van der Waals surface area contributed by atoms with Gasteiger partial charge in [-0.25, -0.2) is 9.78 Å². The summed E-state index contributed by atoms with van der Waals surface area (Å²) in [6.45, 7) is 3.16. The van der Waals surface area contributed by atoms with Crippen LogP contribution in [0.3, 0.4) is 0 Å². The molecule has 1 saturated heterocycles. The molecule has 172 valence electrons. The van der Waals surface area contributed by atoms with Gasteiger partial charge in [-0.3, -0.25) is 4.79 Å². The molecule has 3 heterocycles. The lowest BCUT2D eigenvalue weighted by Gasteiger charge is -2.19. The smallest absolute Gasteiger partial charge is 0.347 e. The fourth-order valence-corrected chi connectivity index (χ4v) is 5.99. The molecule has 1 amide bonds. The highest BCUT2D eigenvalue weighted by atomic mass is 35.5. The van der Waals surface area contributed by atoms with Gasteiger partial charge in [-0.05, 0) is 18.6 Å². The van der Waals surface area contributed by atoms with Crippen LogP contribution in [-0.4, -0.2) is 46.1 Å². The van der Waals surface area contributed by atoms with Crippen molar-refractivity contribution in [2.75, 3.05) is 18.0 Å². The van der Waals surface area contributed by atoms with E-state index in [-0.39, 0.29) is 39.4 Å². The Morgan fingerprint density at radius 2 is 1.91 bits per heavy atom. The Labute approximate surface area is 208 Å². The van der Waals surface area contributed by atoms with Crippen LogP contribution < -0.4 is 10.2 Å². The predicted molar refractivity (Wildman–Crippen MR) is 129 cm³/mol. The normalized spacial score (nSPS) is 21.2. The fraction of sp³-hybridized carbons (Fsp3) is 0.318. The summed E-state index contributed by atoms with van der Waals surface area (Å²) in [7, 11) is 0. The molecule has 3 aromatic rings. The number of amides is 1. The number of nitrogens with zero attached hydrogens (tertiary/aromatic N) is 2. The van der Waals surface area contributed by atoms with Crippen LogP contribution >= 0.6 is 46.1 Å².